The highest BCUT2D eigenvalue weighted by molar-refractivity contribution is 6.13. The van der Waals surface area contributed by atoms with Gasteiger partial charge in [-0.3, -0.25) is 0 Å². The number of hydrogen-bond acceptors (Lipinski definition) is 3. The lowest BCUT2D eigenvalue weighted by atomic mass is 10.1. The summed E-state index contributed by atoms with van der Waals surface area (Å²) in [4.78, 5) is 0. The summed E-state index contributed by atoms with van der Waals surface area (Å²) in [6, 6.07) is 8.43. The lowest BCUT2D eigenvalue weighted by Gasteiger charge is -2.26. The Morgan fingerprint density at radius 1 is 1.26 bits per heavy atom. The van der Waals surface area contributed by atoms with Crippen LogP contribution >= 0.6 is 0 Å². The molecule has 1 rings (SSSR count). The molecule has 0 aromatic heterocycles. The van der Waals surface area contributed by atoms with Crippen LogP contribution in [-0.4, -0.2) is 36.4 Å². The predicted octanol–water partition coefficient (Wildman–Crippen LogP) is 1.51. The number of nitrogens with one attached hydrogen (secondary N) is 1. The second kappa shape index (κ2) is 8.27. The topological polar surface area (TPSA) is 30.5 Å². The summed E-state index contributed by atoms with van der Waals surface area (Å²) >= 11 is 0. The van der Waals surface area contributed by atoms with E-state index in [1.54, 1.807) is 14.2 Å². The van der Waals surface area contributed by atoms with Crippen molar-refractivity contribution in [1.29, 1.82) is 0 Å². The maximum absolute atomic E-state index is 5.38. The van der Waals surface area contributed by atoms with E-state index >= 15 is 0 Å². The van der Waals surface area contributed by atoms with E-state index in [0.717, 1.165) is 41.7 Å². The monoisotopic (exact) mass is 279 g/mol. The van der Waals surface area contributed by atoms with Crippen LogP contribution in [-0.2, 0) is 16.0 Å². The van der Waals surface area contributed by atoms with Gasteiger partial charge in [-0.25, -0.2) is 0 Å². The highest BCUT2D eigenvalue weighted by atomic mass is 28.1. The fraction of sp³-hybridized carbons (Fsp3) is 0.467. The van der Waals surface area contributed by atoms with E-state index in [1.165, 1.54) is 5.56 Å². The standard InChI is InChI=1S/C15H25NO2Si/c1-4-13-6-8-14(9-7-13)12-16-11-5-10-15(19,17-2)18-3/h4,6-9,16H,1,5,10-12H2,2-3,19H3. The van der Waals surface area contributed by atoms with Crippen LogP contribution in [0.2, 0.25) is 0 Å². The first kappa shape index (κ1) is 16.1. The van der Waals surface area contributed by atoms with Gasteiger partial charge in [-0.2, -0.15) is 0 Å². The van der Waals surface area contributed by atoms with Gasteiger partial charge in [0.2, 0.25) is 0 Å². The number of ether oxygens (including phenoxy) is 2. The molecule has 0 saturated heterocycles. The van der Waals surface area contributed by atoms with E-state index in [9.17, 15) is 0 Å². The summed E-state index contributed by atoms with van der Waals surface area (Å²) in [5, 5.41) is 3.44. The zero-order valence-corrected chi connectivity index (χ0v) is 14.2. The fourth-order valence-corrected chi connectivity index (χ4v) is 2.18. The minimum absolute atomic E-state index is 0.326. The number of hydrogen-bond donors (Lipinski definition) is 1. The van der Waals surface area contributed by atoms with Gasteiger partial charge in [0, 0.05) is 20.8 Å². The zero-order valence-electron chi connectivity index (χ0n) is 12.2. The maximum atomic E-state index is 5.38. The van der Waals surface area contributed by atoms with Crippen LogP contribution in [0.25, 0.3) is 6.08 Å². The van der Waals surface area contributed by atoms with Crippen LogP contribution in [0.5, 0.6) is 0 Å². The Morgan fingerprint density at radius 3 is 2.42 bits per heavy atom. The molecular weight excluding hydrogens is 254 g/mol. The van der Waals surface area contributed by atoms with Crippen LogP contribution in [0.4, 0.5) is 0 Å². The van der Waals surface area contributed by atoms with Gasteiger partial charge in [0.25, 0.3) is 0 Å². The Bertz CT molecular complexity index is 374. The quantitative estimate of drug-likeness (QED) is 0.422. The van der Waals surface area contributed by atoms with Crippen molar-refractivity contribution >= 4 is 16.3 Å². The van der Waals surface area contributed by atoms with Crippen molar-refractivity contribution in [1.82, 2.24) is 5.32 Å². The molecule has 3 nitrogen and oxygen atoms in total. The van der Waals surface area contributed by atoms with Gasteiger partial charge in [-0.05, 0) is 30.5 Å². The van der Waals surface area contributed by atoms with Crippen LogP contribution in [0, 0.1) is 0 Å². The van der Waals surface area contributed by atoms with Gasteiger partial charge in [0.15, 0.2) is 0 Å². The summed E-state index contributed by atoms with van der Waals surface area (Å²) in [5.41, 5.74) is 2.12. The summed E-state index contributed by atoms with van der Waals surface area (Å²) in [5.74, 6) is 0. The van der Waals surface area contributed by atoms with Crippen molar-refractivity contribution in [3.05, 3.63) is 42.0 Å². The van der Waals surface area contributed by atoms with Crippen molar-refractivity contribution in [2.45, 2.75) is 24.8 Å². The molecule has 0 spiro atoms. The van der Waals surface area contributed by atoms with Gasteiger partial charge in [-0.15, -0.1) is 0 Å². The largest absolute Gasteiger partial charge is 0.358 e. The van der Waals surface area contributed by atoms with Gasteiger partial charge in [0.1, 0.15) is 5.41 Å². The number of benzene rings is 1. The molecule has 0 saturated carbocycles. The molecule has 1 aromatic carbocycles. The van der Waals surface area contributed by atoms with E-state index < -0.39 is 0 Å². The Labute approximate surface area is 119 Å². The van der Waals surface area contributed by atoms with E-state index in [2.05, 4.69) is 36.2 Å². The lowest BCUT2D eigenvalue weighted by Crippen LogP contribution is -2.35. The van der Waals surface area contributed by atoms with Crippen molar-refractivity contribution in [2.75, 3.05) is 20.8 Å². The number of rotatable bonds is 9. The third-order valence-electron chi connectivity index (χ3n) is 3.39. The molecule has 0 atom stereocenters. The number of methoxy groups -OCH3 is 2. The molecule has 0 heterocycles. The molecule has 106 valence electrons. The van der Waals surface area contributed by atoms with E-state index in [0.29, 0.717) is 0 Å². The Kier molecular flexibility index (Phi) is 7.01. The SMILES string of the molecule is C=Cc1ccc(CNCCCC([SiH3])(OC)OC)cc1. The minimum atomic E-state index is -0.326. The second-order valence-electron chi connectivity index (χ2n) is 4.77. The molecule has 0 aliphatic rings. The second-order valence-corrected chi connectivity index (χ2v) is 6.29. The molecule has 0 unspecified atom stereocenters. The van der Waals surface area contributed by atoms with Gasteiger partial charge < -0.3 is 14.8 Å². The third kappa shape index (κ3) is 5.70. The summed E-state index contributed by atoms with van der Waals surface area (Å²) < 4.78 is 10.8. The first-order valence-corrected chi connectivity index (χ1v) is 7.66. The summed E-state index contributed by atoms with van der Waals surface area (Å²) in [6.07, 6.45) is 3.85. The molecule has 1 N–H and O–H groups in total. The highest BCUT2D eigenvalue weighted by Gasteiger charge is 2.20. The molecule has 19 heavy (non-hydrogen) atoms. The molecule has 0 amide bonds. The molecule has 0 aliphatic heterocycles. The van der Waals surface area contributed by atoms with Crippen molar-refractivity contribution in [2.24, 2.45) is 0 Å². The average molecular weight is 279 g/mol. The van der Waals surface area contributed by atoms with Gasteiger partial charge in [0.05, 0.1) is 10.2 Å². The molecule has 1 aromatic rings. The molecule has 0 bridgehead atoms. The van der Waals surface area contributed by atoms with Gasteiger partial charge >= 0.3 is 0 Å². The first-order valence-electron chi connectivity index (χ1n) is 6.66. The molecule has 0 fully saturated rings. The van der Waals surface area contributed by atoms with E-state index in [1.807, 2.05) is 6.08 Å². The highest BCUT2D eigenvalue weighted by Crippen LogP contribution is 2.13. The maximum Gasteiger partial charge on any atom is 0.140 e. The van der Waals surface area contributed by atoms with E-state index in [-0.39, 0.29) is 5.41 Å². The lowest BCUT2D eigenvalue weighted by molar-refractivity contribution is -0.146. The molecule has 0 aliphatic carbocycles. The van der Waals surface area contributed by atoms with Crippen LogP contribution in [0.3, 0.4) is 0 Å². The van der Waals surface area contributed by atoms with Crippen LogP contribution in [0.15, 0.2) is 30.8 Å². The normalized spacial score (nSPS) is 11.7. The first-order chi connectivity index (χ1) is 9.13. The smallest absolute Gasteiger partial charge is 0.140 e. The fourth-order valence-electron chi connectivity index (χ4n) is 1.83. The molecule has 4 heteroatoms. The Morgan fingerprint density at radius 2 is 1.89 bits per heavy atom. The van der Waals surface area contributed by atoms with Crippen molar-refractivity contribution in [3.8, 4) is 0 Å². The predicted molar refractivity (Wildman–Crippen MR) is 84.2 cm³/mol. The van der Waals surface area contributed by atoms with Crippen LogP contribution < -0.4 is 5.32 Å². The van der Waals surface area contributed by atoms with Crippen molar-refractivity contribution in [3.63, 3.8) is 0 Å². The van der Waals surface area contributed by atoms with Crippen LogP contribution in [0.1, 0.15) is 24.0 Å². The van der Waals surface area contributed by atoms with Gasteiger partial charge in [-0.1, -0.05) is 36.9 Å². The average Bonchev–Trinajstić information content (AvgIpc) is 2.47. The zero-order chi connectivity index (χ0) is 14.1. The molecular formula is C15H25NO2Si. The Balaban J connectivity index is 2.21. The van der Waals surface area contributed by atoms with Crippen molar-refractivity contribution < 1.29 is 9.47 Å². The Hall–Kier alpha value is -0.943. The summed E-state index contributed by atoms with van der Waals surface area (Å²) in [7, 11) is 4.31. The molecule has 0 radical (unpaired) electrons. The minimum Gasteiger partial charge on any atom is -0.358 e. The van der Waals surface area contributed by atoms with E-state index in [4.69, 9.17) is 9.47 Å². The third-order valence-corrected chi connectivity index (χ3v) is 4.71. The summed E-state index contributed by atoms with van der Waals surface area (Å²) in [6.45, 7) is 5.62.